The third-order valence-electron chi connectivity index (χ3n) is 4.99. The van der Waals surface area contributed by atoms with E-state index in [0.29, 0.717) is 18.8 Å². The minimum atomic E-state index is -0.585. The maximum atomic E-state index is 13.0. The van der Waals surface area contributed by atoms with Gasteiger partial charge in [-0.05, 0) is 62.9 Å². The summed E-state index contributed by atoms with van der Waals surface area (Å²) in [6, 6.07) is 13.1. The zero-order valence-corrected chi connectivity index (χ0v) is 18.1. The van der Waals surface area contributed by atoms with Gasteiger partial charge in [0.15, 0.2) is 6.61 Å². The summed E-state index contributed by atoms with van der Waals surface area (Å²) in [5.41, 5.74) is 4.38. The van der Waals surface area contributed by atoms with E-state index < -0.39 is 6.04 Å². The third kappa shape index (κ3) is 6.63. The molecular formula is C24H32N2O3. The van der Waals surface area contributed by atoms with Gasteiger partial charge in [0.2, 0.25) is 5.91 Å². The van der Waals surface area contributed by atoms with E-state index in [-0.39, 0.29) is 18.4 Å². The van der Waals surface area contributed by atoms with Crippen LogP contribution in [0.2, 0.25) is 0 Å². The number of hydrogen-bond acceptors (Lipinski definition) is 3. The molecule has 0 saturated heterocycles. The summed E-state index contributed by atoms with van der Waals surface area (Å²) in [5.74, 6) is 0.281. The number of nitrogens with zero attached hydrogens (tertiary/aromatic N) is 1. The molecule has 0 saturated carbocycles. The molecule has 0 aliphatic heterocycles. The highest BCUT2D eigenvalue weighted by molar-refractivity contribution is 5.87. The Hall–Kier alpha value is -2.82. The number of ether oxygens (including phenoxy) is 1. The second-order valence-corrected chi connectivity index (χ2v) is 7.51. The van der Waals surface area contributed by atoms with Crippen molar-refractivity contribution in [1.29, 1.82) is 0 Å². The van der Waals surface area contributed by atoms with Crippen molar-refractivity contribution < 1.29 is 14.3 Å². The molecule has 0 heterocycles. The molecule has 2 amide bonds. The second-order valence-electron chi connectivity index (χ2n) is 7.51. The predicted octanol–water partition coefficient (Wildman–Crippen LogP) is 3.93. The molecule has 156 valence electrons. The van der Waals surface area contributed by atoms with Gasteiger partial charge in [0.05, 0.1) is 0 Å². The van der Waals surface area contributed by atoms with Gasteiger partial charge in [-0.15, -0.1) is 0 Å². The topological polar surface area (TPSA) is 58.6 Å². The fourth-order valence-electron chi connectivity index (χ4n) is 3.02. The largest absolute Gasteiger partial charge is 0.484 e. The molecule has 0 bridgehead atoms. The van der Waals surface area contributed by atoms with Crippen LogP contribution in [0.15, 0.2) is 42.5 Å². The van der Waals surface area contributed by atoms with Gasteiger partial charge in [-0.3, -0.25) is 9.59 Å². The lowest BCUT2D eigenvalue weighted by atomic mass is 10.1. The Morgan fingerprint density at radius 1 is 1.07 bits per heavy atom. The Labute approximate surface area is 174 Å². The van der Waals surface area contributed by atoms with Crippen molar-refractivity contribution >= 4 is 11.8 Å². The molecule has 0 radical (unpaired) electrons. The van der Waals surface area contributed by atoms with Crippen LogP contribution < -0.4 is 10.1 Å². The Morgan fingerprint density at radius 2 is 1.83 bits per heavy atom. The summed E-state index contributed by atoms with van der Waals surface area (Å²) in [5, 5.41) is 2.88. The molecule has 0 aliphatic carbocycles. The summed E-state index contributed by atoms with van der Waals surface area (Å²) in [6.07, 6.45) is 0.847. The molecular weight excluding hydrogens is 364 g/mol. The van der Waals surface area contributed by atoms with Crippen LogP contribution in [-0.2, 0) is 16.1 Å². The third-order valence-corrected chi connectivity index (χ3v) is 4.99. The fraction of sp³-hybridized carbons (Fsp3) is 0.417. The first-order valence-electron chi connectivity index (χ1n) is 10.1. The van der Waals surface area contributed by atoms with E-state index in [0.717, 1.165) is 23.1 Å². The van der Waals surface area contributed by atoms with Crippen molar-refractivity contribution in [2.24, 2.45) is 0 Å². The van der Waals surface area contributed by atoms with E-state index in [1.54, 1.807) is 11.8 Å². The van der Waals surface area contributed by atoms with Gasteiger partial charge < -0.3 is 15.0 Å². The molecule has 0 spiro atoms. The van der Waals surface area contributed by atoms with Crippen LogP contribution in [0.1, 0.15) is 42.5 Å². The van der Waals surface area contributed by atoms with E-state index in [2.05, 4.69) is 5.32 Å². The smallest absolute Gasteiger partial charge is 0.261 e. The van der Waals surface area contributed by atoms with Crippen molar-refractivity contribution in [3.8, 4) is 5.75 Å². The van der Waals surface area contributed by atoms with Crippen molar-refractivity contribution in [3.05, 3.63) is 64.7 Å². The van der Waals surface area contributed by atoms with Crippen LogP contribution in [0.3, 0.4) is 0 Å². The van der Waals surface area contributed by atoms with Gasteiger partial charge in [0.25, 0.3) is 5.91 Å². The number of benzene rings is 2. The number of amides is 2. The Kier molecular flexibility index (Phi) is 8.25. The monoisotopic (exact) mass is 396 g/mol. The summed E-state index contributed by atoms with van der Waals surface area (Å²) >= 11 is 0. The molecule has 0 aliphatic rings. The quantitative estimate of drug-likeness (QED) is 0.699. The lowest BCUT2D eigenvalue weighted by Gasteiger charge is -2.29. The first kappa shape index (κ1) is 22.5. The second kappa shape index (κ2) is 10.6. The summed E-state index contributed by atoms with van der Waals surface area (Å²) in [4.78, 5) is 27.1. The van der Waals surface area contributed by atoms with Gasteiger partial charge in [-0.1, -0.05) is 42.8 Å². The van der Waals surface area contributed by atoms with E-state index >= 15 is 0 Å². The van der Waals surface area contributed by atoms with Crippen LogP contribution >= 0.6 is 0 Å². The molecule has 29 heavy (non-hydrogen) atoms. The summed E-state index contributed by atoms with van der Waals surface area (Å²) in [7, 11) is 0. The molecule has 5 heteroatoms. The Morgan fingerprint density at radius 3 is 2.48 bits per heavy atom. The molecule has 0 aromatic heterocycles. The molecule has 0 fully saturated rings. The zero-order chi connectivity index (χ0) is 21.4. The number of carbonyl (C=O) groups is 2. The first-order chi connectivity index (χ1) is 13.8. The standard InChI is InChI=1S/C24H32N2O3/c1-6-12-25-24(28)20(5)26(15-21-9-7-8-17(2)13-21)23(27)16-29-22-11-10-18(3)19(4)14-22/h7-11,13-14,20H,6,12,15-16H2,1-5H3,(H,25,28). The molecule has 2 aromatic rings. The van der Waals surface area contributed by atoms with Gasteiger partial charge >= 0.3 is 0 Å². The van der Waals surface area contributed by atoms with Crippen molar-refractivity contribution in [1.82, 2.24) is 10.2 Å². The normalized spacial score (nSPS) is 11.6. The van der Waals surface area contributed by atoms with Crippen LogP contribution in [0.5, 0.6) is 5.75 Å². The van der Waals surface area contributed by atoms with Crippen molar-refractivity contribution in [2.75, 3.05) is 13.2 Å². The number of nitrogens with one attached hydrogen (secondary N) is 1. The highest BCUT2D eigenvalue weighted by Gasteiger charge is 2.26. The molecule has 1 N–H and O–H groups in total. The summed E-state index contributed by atoms with van der Waals surface area (Å²) < 4.78 is 5.73. The van der Waals surface area contributed by atoms with Gasteiger partial charge in [-0.25, -0.2) is 0 Å². The predicted molar refractivity (Wildman–Crippen MR) is 116 cm³/mol. The lowest BCUT2D eigenvalue weighted by Crippen LogP contribution is -2.49. The number of rotatable bonds is 9. The number of aryl methyl sites for hydroxylation is 3. The molecule has 2 rings (SSSR count). The highest BCUT2D eigenvalue weighted by Crippen LogP contribution is 2.17. The maximum Gasteiger partial charge on any atom is 0.261 e. The molecule has 1 unspecified atom stereocenters. The van der Waals surface area contributed by atoms with Crippen LogP contribution in [0, 0.1) is 20.8 Å². The maximum absolute atomic E-state index is 13.0. The number of carbonyl (C=O) groups excluding carboxylic acids is 2. The molecule has 5 nitrogen and oxygen atoms in total. The highest BCUT2D eigenvalue weighted by atomic mass is 16.5. The minimum absolute atomic E-state index is 0.111. The van der Waals surface area contributed by atoms with E-state index in [1.807, 2.05) is 70.2 Å². The van der Waals surface area contributed by atoms with E-state index in [1.165, 1.54) is 5.56 Å². The number of hydrogen-bond donors (Lipinski definition) is 1. The Bertz CT molecular complexity index is 848. The van der Waals surface area contributed by atoms with Crippen LogP contribution in [0.25, 0.3) is 0 Å². The molecule has 1 atom stereocenters. The summed E-state index contributed by atoms with van der Waals surface area (Å²) in [6.45, 7) is 10.6. The van der Waals surface area contributed by atoms with Gasteiger partial charge in [-0.2, -0.15) is 0 Å². The zero-order valence-electron chi connectivity index (χ0n) is 18.1. The lowest BCUT2D eigenvalue weighted by molar-refractivity contribution is -0.142. The average Bonchev–Trinajstić information content (AvgIpc) is 2.70. The molecule has 2 aromatic carbocycles. The van der Waals surface area contributed by atoms with Crippen LogP contribution in [-0.4, -0.2) is 35.9 Å². The Balaban J connectivity index is 2.14. The van der Waals surface area contributed by atoms with E-state index in [9.17, 15) is 9.59 Å². The van der Waals surface area contributed by atoms with Crippen LogP contribution in [0.4, 0.5) is 0 Å². The average molecular weight is 397 g/mol. The van der Waals surface area contributed by atoms with Gasteiger partial charge in [0.1, 0.15) is 11.8 Å². The first-order valence-corrected chi connectivity index (χ1v) is 10.1. The van der Waals surface area contributed by atoms with Crippen molar-refractivity contribution in [3.63, 3.8) is 0 Å². The van der Waals surface area contributed by atoms with Gasteiger partial charge in [0, 0.05) is 13.1 Å². The van der Waals surface area contributed by atoms with Crippen molar-refractivity contribution in [2.45, 2.75) is 53.6 Å². The fourth-order valence-corrected chi connectivity index (χ4v) is 3.02. The minimum Gasteiger partial charge on any atom is -0.484 e. The van der Waals surface area contributed by atoms with E-state index in [4.69, 9.17) is 4.74 Å². The SMILES string of the molecule is CCCNC(=O)C(C)N(Cc1cccc(C)c1)C(=O)COc1ccc(C)c(C)c1.